The van der Waals surface area contributed by atoms with Crippen LogP contribution < -0.4 is 5.43 Å². The third-order valence-corrected chi connectivity index (χ3v) is 4.04. The van der Waals surface area contributed by atoms with Gasteiger partial charge in [-0.05, 0) is 31.9 Å². The number of allylic oxidation sites excluding steroid dienone is 1. The minimum atomic E-state index is -0.0479. The lowest BCUT2D eigenvalue weighted by Crippen LogP contribution is -2.46. The lowest BCUT2D eigenvalue weighted by molar-refractivity contribution is 0.141. The summed E-state index contributed by atoms with van der Waals surface area (Å²) in [6.45, 7) is 6.80. The van der Waals surface area contributed by atoms with Crippen molar-refractivity contribution in [1.82, 2.24) is 10.4 Å². The van der Waals surface area contributed by atoms with Crippen molar-refractivity contribution in [3.05, 3.63) is 58.6 Å². The first-order valence-corrected chi connectivity index (χ1v) is 8.30. The topological polar surface area (TPSA) is 24.5 Å². The van der Waals surface area contributed by atoms with Crippen LogP contribution in [0, 0.1) is 0 Å². The molecule has 0 atom stereocenters. The van der Waals surface area contributed by atoms with E-state index in [1.54, 1.807) is 6.20 Å². The fraction of sp³-hybridized carbons (Fsp3) is 0.375. The van der Waals surface area contributed by atoms with Crippen molar-refractivity contribution in [1.29, 1.82) is 0 Å². The van der Waals surface area contributed by atoms with E-state index in [0.717, 1.165) is 10.9 Å². The number of nitrogens with one attached hydrogen (secondary N) is 1. The summed E-state index contributed by atoms with van der Waals surface area (Å²) in [6, 6.07) is 8.29. The number of hydrogen-bond donors (Lipinski definition) is 1. The minimum absolute atomic E-state index is 0.0479. The summed E-state index contributed by atoms with van der Waals surface area (Å²) in [7, 11) is 0. The summed E-state index contributed by atoms with van der Waals surface area (Å²) in [5, 5.41) is 3.41. The molecule has 1 N–H and O–H groups in total. The van der Waals surface area contributed by atoms with Crippen molar-refractivity contribution in [2.24, 2.45) is 0 Å². The fourth-order valence-corrected chi connectivity index (χ4v) is 2.38. The lowest BCUT2D eigenvalue weighted by Gasteiger charge is -2.36. The maximum absolute atomic E-state index is 6.28. The van der Waals surface area contributed by atoms with Crippen LogP contribution in [0.15, 0.2) is 47.5 Å². The van der Waals surface area contributed by atoms with Gasteiger partial charge in [-0.15, -0.1) is 0 Å². The highest BCUT2D eigenvalue weighted by atomic mass is 79.9. The Balaban J connectivity index is 1.95. The van der Waals surface area contributed by atoms with Gasteiger partial charge < -0.3 is 10.2 Å². The van der Waals surface area contributed by atoms with Gasteiger partial charge in [0.05, 0.1) is 11.7 Å². The van der Waals surface area contributed by atoms with Crippen LogP contribution in [0.25, 0.3) is 0 Å². The van der Waals surface area contributed by atoms with Gasteiger partial charge in [-0.3, -0.25) is 5.01 Å². The van der Waals surface area contributed by atoms with Crippen LogP contribution in [0.3, 0.4) is 0 Å². The number of rotatable bonds is 4. The van der Waals surface area contributed by atoms with E-state index in [-0.39, 0.29) is 5.54 Å². The summed E-state index contributed by atoms with van der Waals surface area (Å²) in [4.78, 5) is 0. The molecule has 0 bridgehead atoms. The van der Waals surface area contributed by atoms with Crippen molar-refractivity contribution in [3.63, 3.8) is 0 Å². The molecular weight excluding hydrogens is 352 g/mol. The van der Waals surface area contributed by atoms with Crippen molar-refractivity contribution in [2.75, 3.05) is 0 Å². The molecule has 0 aromatic heterocycles. The molecule has 1 heterocycles. The molecule has 0 saturated heterocycles. The number of hydrazine groups is 1. The number of halogens is 2. The summed E-state index contributed by atoms with van der Waals surface area (Å²) < 4.78 is 5.78. The lowest BCUT2D eigenvalue weighted by atomic mass is 10.1. The highest BCUT2D eigenvalue weighted by molar-refractivity contribution is 9.08. The number of ether oxygens (including phenoxy) is 1. The Morgan fingerprint density at radius 1 is 1.19 bits per heavy atom. The minimum Gasteiger partial charge on any atom is -0.486 e. The molecule has 3 nitrogen and oxygen atoms in total. The number of benzene rings is 1. The van der Waals surface area contributed by atoms with Crippen LogP contribution in [0.2, 0.25) is 0 Å². The number of nitrogens with zero attached hydrogens (tertiary/aromatic N) is 1. The molecule has 1 aromatic carbocycles. The molecule has 21 heavy (non-hydrogen) atoms. The molecule has 5 heteroatoms. The maximum atomic E-state index is 6.28. The second-order valence-corrected chi connectivity index (χ2v) is 6.86. The molecule has 1 aliphatic heterocycles. The highest BCUT2D eigenvalue weighted by Crippen LogP contribution is 2.24. The molecule has 114 valence electrons. The van der Waals surface area contributed by atoms with Crippen molar-refractivity contribution in [3.8, 4) is 0 Å². The Bertz CT molecular complexity index is 546. The Morgan fingerprint density at radius 2 is 1.81 bits per heavy atom. The van der Waals surface area contributed by atoms with Gasteiger partial charge in [0, 0.05) is 11.5 Å². The van der Waals surface area contributed by atoms with Crippen LogP contribution in [-0.2, 0) is 16.7 Å². The van der Waals surface area contributed by atoms with Crippen LogP contribution in [0.4, 0.5) is 0 Å². The predicted molar refractivity (Wildman–Crippen MR) is 90.6 cm³/mol. The third kappa shape index (κ3) is 4.42. The second-order valence-electron chi connectivity index (χ2n) is 5.89. The van der Waals surface area contributed by atoms with Gasteiger partial charge in [0.2, 0.25) is 0 Å². The van der Waals surface area contributed by atoms with Gasteiger partial charge >= 0.3 is 0 Å². The number of hydrogen-bond acceptors (Lipinski definition) is 3. The predicted octanol–water partition coefficient (Wildman–Crippen LogP) is 4.64. The molecule has 0 amide bonds. The highest BCUT2D eigenvalue weighted by Gasteiger charge is 2.22. The monoisotopic (exact) mass is 370 g/mol. The molecule has 1 aliphatic rings. The molecular formula is C16H20BrClN2O. The van der Waals surface area contributed by atoms with Gasteiger partial charge in [0.15, 0.2) is 5.76 Å². The zero-order valence-corrected chi connectivity index (χ0v) is 14.8. The van der Waals surface area contributed by atoms with E-state index in [4.69, 9.17) is 16.3 Å². The summed E-state index contributed by atoms with van der Waals surface area (Å²) in [6.07, 6.45) is 3.64. The van der Waals surface area contributed by atoms with Crippen LogP contribution in [-0.4, -0.2) is 10.5 Å². The van der Waals surface area contributed by atoms with E-state index in [0.29, 0.717) is 17.4 Å². The van der Waals surface area contributed by atoms with E-state index in [2.05, 4.69) is 66.4 Å². The molecule has 0 fully saturated rings. The number of alkyl halides is 1. The smallest absolute Gasteiger partial charge is 0.157 e. The second kappa shape index (κ2) is 6.75. The molecule has 1 aromatic rings. The quantitative estimate of drug-likeness (QED) is 0.780. The van der Waals surface area contributed by atoms with Crippen molar-refractivity contribution >= 4 is 27.5 Å². The van der Waals surface area contributed by atoms with Crippen LogP contribution in [0.1, 0.15) is 31.9 Å². The first-order chi connectivity index (χ1) is 9.90. The fourth-order valence-electron chi connectivity index (χ4n) is 1.79. The summed E-state index contributed by atoms with van der Waals surface area (Å²) >= 11 is 9.71. The zero-order valence-electron chi connectivity index (χ0n) is 12.5. The van der Waals surface area contributed by atoms with Crippen molar-refractivity contribution in [2.45, 2.75) is 38.2 Å². The molecule has 0 radical (unpaired) electrons. The maximum Gasteiger partial charge on any atom is 0.157 e. The van der Waals surface area contributed by atoms with E-state index in [1.165, 1.54) is 5.56 Å². The van der Waals surface area contributed by atoms with Gasteiger partial charge in [-0.2, -0.15) is 0 Å². The van der Waals surface area contributed by atoms with Gasteiger partial charge in [-0.25, -0.2) is 0 Å². The third-order valence-electron chi connectivity index (χ3n) is 3.11. The SMILES string of the molecule is CC(C)(C)N1C=C(Cl)C(OCc2ccc(CBr)cc2)=CN1. The first-order valence-electron chi connectivity index (χ1n) is 6.80. The first kappa shape index (κ1) is 16.2. The normalized spacial score (nSPS) is 15.2. The Labute approximate surface area is 139 Å². The van der Waals surface area contributed by atoms with E-state index >= 15 is 0 Å². The molecule has 0 spiro atoms. The van der Waals surface area contributed by atoms with Crippen LogP contribution >= 0.6 is 27.5 Å². The standard InChI is InChI=1S/C16H20BrClN2O/c1-16(2,3)20-10-14(18)15(9-19-20)21-11-13-6-4-12(8-17)5-7-13/h4-7,9-10,19H,8,11H2,1-3H3. The Kier molecular flexibility index (Phi) is 5.22. The average Bonchev–Trinajstić information content (AvgIpc) is 2.45. The molecule has 0 unspecified atom stereocenters. The van der Waals surface area contributed by atoms with Gasteiger partial charge in [0.1, 0.15) is 11.6 Å². The summed E-state index contributed by atoms with van der Waals surface area (Å²) in [5.41, 5.74) is 5.49. The Hall–Kier alpha value is -1.13. The Morgan fingerprint density at radius 3 is 2.33 bits per heavy atom. The zero-order chi connectivity index (χ0) is 15.5. The molecule has 2 rings (SSSR count). The van der Waals surface area contributed by atoms with E-state index in [9.17, 15) is 0 Å². The van der Waals surface area contributed by atoms with Crippen molar-refractivity contribution < 1.29 is 4.74 Å². The molecule has 0 aliphatic carbocycles. The summed E-state index contributed by atoms with van der Waals surface area (Å²) in [5.74, 6) is 0.654. The van der Waals surface area contributed by atoms with E-state index in [1.807, 2.05) is 11.2 Å². The van der Waals surface area contributed by atoms with Crippen LogP contribution in [0.5, 0.6) is 0 Å². The molecule has 0 saturated carbocycles. The van der Waals surface area contributed by atoms with Gasteiger partial charge in [0.25, 0.3) is 0 Å². The average molecular weight is 372 g/mol. The largest absolute Gasteiger partial charge is 0.486 e. The van der Waals surface area contributed by atoms with Gasteiger partial charge in [-0.1, -0.05) is 51.8 Å². The van der Waals surface area contributed by atoms with E-state index < -0.39 is 0 Å².